The second-order valence-corrected chi connectivity index (χ2v) is 13.0. The van der Waals surface area contributed by atoms with Crippen LogP contribution in [0.5, 0.6) is 11.5 Å². The van der Waals surface area contributed by atoms with Gasteiger partial charge in [-0.25, -0.2) is 28.6 Å². The van der Waals surface area contributed by atoms with Crippen molar-refractivity contribution in [2.45, 2.75) is 24.5 Å². The quantitative estimate of drug-likeness (QED) is 0.123. The molecule has 24 heteroatoms. The van der Waals surface area contributed by atoms with Crippen LogP contribution in [0.25, 0.3) is 11.2 Å². The first-order chi connectivity index (χ1) is 20.0. The van der Waals surface area contributed by atoms with Gasteiger partial charge >= 0.3 is 23.5 Å². The number of nitrogens with zero attached hydrogens (tertiary/aromatic N) is 4. The Bertz CT molecular complexity index is 1630. The van der Waals surface area contributed by atoms with Gasteiger partial charge in [0.1, 0.15) is 35.6 Å². The molecule has 236 valence electrons. The summed E-state index contributed by atoms with van der Waals surface area (Å²) in [5.74, 6) is -0.248. The van der Waals surface area contributed by atoms with Gasteiger partial charge in [-0.3, -0.25) is 13.9 Å². The van der Waals surface area contributed by atoms with Gasteiger partial charge in [0.2, 0.25) is 0 Å². The standard InChI is InChI=1S/C19H25N6O15P3/c1-35-10-3-9(4-11(5-10)36-2)18(27)24-13-12(6-37-42(31,32)40-43(33,34)39-41(28,29)30)38-19(15(13)26)25-8-23-14-16(20)21-7-22-17(14)25/h3-5,7-8,12-13,15,19,26H,6H2,1-2H3,(H,24,27)(H,31,32)(H,33,34)(H2,20,21,22)(H2,28,29,30). The SMILES string of the molecule is COc1cc(OC)cc(C(=O)NC2C(COP(=O)(O)OP(=O)(O)OP(=O)(O)O)OC(n3cnc4c(N)ncnc43)C2O)c1. The number of rotatable bonds is 12. The number of phosphoric ester groups is 1. The zero-order valence-corrected chi connectivity index (χ0v) is 24.6. The molecule has 6 unspecified atom stereocenters. The molecule has 1 aliphatic rings. The Balaban J connectivity index is 1.61. The number of phosphoric acid groups is 3. The van der Waals surface area contributed by atoms with Crippen LogP contribution in [0.3, 0.4) is 0 Å². The van der Waals surface area contributed by atoms with Crippen molar-refractivity contribution in [3.05, 3.63) is 36.4 Å². The molecule has 0 spiro atoms. The van der Waals surface area contributed by atoms with E-state index >= 15 is 0 Å². The fourth-order valence-electron chi connectivity index (χ4n) is 3.99. The Labute approximate surface area is 241 Å². The third-order valence-electron chi connectivity index (χ3n) is 5.77. The van der Waals surface area contributed by atoms with Crippen LogP contribution >= 0.6 is 23.5 Å². The normalized spacial score (nSPS) is 23.4. The molecule has 1 saturated heterocycles. The lowest BCUT2D eigenvalue weighted by Crippen LogP contribution is -2.48. The molecule has 0 aliphatic carbocycles. The van der Waals surface area contributed by atoms with E-state index in [1.807, 2.05) is 0 Å². The highest BCUT2D eigenvalue weighted by Gasteiger charge is 2.48. The van der Waals surface area contributed by atoms with Gasteiger partial charge in [0, 0.05) is 11.6 Å². The number of hydrogen-bond acceptors (Lipinski definition) is 15. The van der Waals surface area contributed by atoms with Gasteiger partial charge in [-0.2, -0.15) is 8.62 Å². The Morgan fingerprint density at radius 3 is 2.28 bits per heavy atom. The number of amides is 1. The van der Waals surface area contributed by atoms with Crippen LogP contribution < -0.4 is 20.5 Å². The van der Waals surface area contributed by atoms with Crippen LogP contribution in [0.1, 0.15) is 16.6 Å². The number of nitrogen functional groups attached to an aromatic ring is 1. The number of hydrogen-bond donors (Lipinski definition) is 7. The van der Waals surface area contributed by atoms with Gasteiger partial charge in [0.15, 0.2) is 17.7 Å². The average Bonchev–Trinajstić information content (AvgIpc) is 3.46. The highest BCUT2D eigenvalue weighted by atomic mass is 31.3. The van der Waals surface area contributed by atoms with E-state index in [9.17, 15) is 33.4 Å². The number of ether oxygens (including phenoxy) is 3. The molecule has 1 aromatic carbocycles. The number of aliphatic hydroxyl groups is 1. The number of carbonyl (C=O) groups excluding carboxylic acids is 1. The fourth-order valence-corrected chi connectivity index (χ4v) is 7.02. The number of nitrogens with one attached hydrogen (secondary N) is 1. The van der Waals surface area contributed by atoms with Crippen molar-refractivity contribution < 1.29 is 70.5 Å². The molecule has 8 N–H and O–H groups in total. The number of anilines is 1. The lowest BCUT2D eigenvalue weighted by Gasteiger charge is -2.23. The molecule has 1 amide bonds. The van der Waals surface area contributed by atoms with Gasteiger partial charge in [-0.15, -0.1) is 0 Å². The molecule has 1 aliphatic heterocycles. The van der Waals surface area contributed by atoms with Crippen LogP contribution in [-0.2, 0) is 31.6 Å². The maximum Gasteiger partial charge on any atom is 0.490 e. The fraction of sp³-hybridized carbons (Fsp3) is 0.368. The summed E-state index contributed by atoms with van der Waals surface area (Å²) in [5, 5.41) is 13.8. The lowest BCUT2D eigenvalue weighted by atomic mass is 10.1. The number of benzene rings is 1. The number of nitrogens with two attached hydrogens (primary N) is 1. The van der Waals surface area contributed by atoms with E-state index in [0.29, 0.717) is 0 Å². The zero-order valence-electron chi connectivity index (χ0n) is 21.9. The average molecular weight is 670 g/mol. The number of methoxy groups -OCH3 is 2. The molecule has 1 fully saturated rings. The van der Waals surface area contributed by atoms with E-state index < -0.39 is 60.5 Å². The molecule has 21 nitrogen and oxygen atoms in total. The van der Waals surface area contributed by atoms with Crippen LogP contribution in [0.2, 0.25) is 0 Å². The van der Waals surface area contributed by atoms with Crippen molar-refractivity contribution in [3.8, 4) is 11.5 Å². The van der Waals surface area contributed by atoms with Crippen LogP contribution in [0.15, 0.2) is 30.9 Å². The largest absolute Gasteiger partial charge is 0.497 e. The maximum atomic E-state index is 13.2. The van der Waals surface area contributed by atoms with E-state index in [2.05, 4.69) is 28.9 Å². The molecule has 4 rings (SSSR count). The van der Waals surface area contributed by atoms with E-state index in [-0.39, 0.29) is 34.0 Å². The number of fused-ring (bicyclic) bond motifs is 1. The Kier molecular flexibility index (Phi) is 9.58. The number of carbonyl (C=O) groups is 1. The molecule has 6 atom stereocenters. The zero-order chi connectivity index (χ0) is 31.7. The highest BCUT2D eigenvalue weighted by Crippen LogP contribution is 2.66. The monoisotopic (exact) mass is 670 g/mol. The smallest absolute Gasteiger partial charge is 0.490 e. The minimum absolute atomic E-state index is 0.0114. The van der Waals surface area contributed by atoms with Crippen LogP contribution in [-0.4, -0.2) is 89.2 Å². The van der Waals surface area contributed by atoms with E-state index in [1.165, 1.54) is 43.3 Å². The van der Waals surface area contributed by atoms with Crippen molar-refractivity contribution >= 4 is 46.4 Å². The maximum absolute atomic E-state index is 13.2. The summed E-state index contributed by atoms with van der Waals surface area (Å²) in [6, 6.07) is 2.82. The Morgan fingerprint density at radius 2 is 1.67 bits per heavy atom. The molecule has 3 aromatic rings. The molecular formula is C19H25N6O15P3. The van der Waals surface area contributed by atoms with E-state index in [1.54, 1.807) is 0 Å². The summed E-state index contributed by atoms with van der Waals surface area (Å²) >= 11 is 0. The van der Waals surface area contributed by atoms with Crippen molar-refractivity contribution in [2.24, 2.45) is 0 Å². The van der Waals surface area contributed by atoms with Gasteiger partial charge in [0.05, 0.1) is 33.2 Å². The van der Waals surface area contributed by atoms with E-state index in [4.69, 9.17) is 34.3 Å². The third-order valence-corrected chi connectivity index (χ3v) is 9.57. The summed E-state index contributed by atoms with van der Waals surface area (Å²) in [4.78, 5) is 61.9. The van der Waals surface area contributed by atoms with Crippen LogP contribution in [0.4, 0.5) is 5.82 Å². The predicted octanol–water partition coefficient (Wildman–Crippen LogP) is -0.174. The van der Waals surface area contributed by atoms with Crippen molar-refractivity contribution in [2.75, 3.05) is 26.6 Å². The minimum atomic E-state index is -5.81. The highest BCUT2D eigenvalue weighted by molar-refractivity contribution is 7.66. The Morgan fingerprint density at radius 1 is 1.02 bits per heavy atom. The molecule has 0 radical (unpaired) electrons. The second kappa shape index (κ2) is 12.5. The first-order valence-electron chi connectivity index (χ1n) is 11.6. The molecular weight excluding hydrogens is 645 g/mol. The first kappa shape index (κ1) is 32.9. The number of imidazole rings is 1. The van der Waals surface area contributed by atoms with Crippen molar-refractivity contribution in [3.63, 3.8) is 0 Å². The lowest BCUT2D eigenvalue weighted by molar-refractivity contribution is -0.0483. The summed E-state index contributed by atoms with van der Waals surface area (Å²) < 4.78 is 64.4. The second-order valence-electron chi connectivity index (χ2n) is 8.63. The predicted molar refractivity (Wildman–Crippen MR) is 140 cm³/mol. The van der Waals surface area contributed by atoms with Gasteiger partial charge < -0.3 is 49.9 Å². The summed E-state index contributed by atoms with van der Waals surface area (Å²) in [6.45, 7) is -0.993. The van der Waals surface area contributed by atoms with Gasteiger partial charge in [-0.05, 0) is 12.1 Å². The molecule has 3 heterocycles. The summed E-state index contributed by atoms with van der Waals surface area (Å²) in [6.07, 6.45) is -2.11. The topological polar surface area (TPSA) is 306 Å². The molecule has 0 saturated carbocycles. The third kappa shape index (κ3) is 7.93. The molecule has 2 aromatic heterocycles. The summed E-state index contributed by atoms with van der Waals surface area (Å²) in [5.41, 5.74) is 6.11. The van der Waals surface area contributed by atoms with Crippen molar-refractivity contribution in [1.82, 2.24) is 24.8 Å². The number of aromatic nitrogens is 4. The molecule has 43 heavy (non-hydrogen) atoms. The van der Waals surface area contributed by atoms with Gasteiger partial charge in [0.25, 0.3) is 5.91 Å². The Hall–Kier alpha value is -3.03. The minimum Gasteiger partial charge on any atom is -0.497 e. The van der Waals surface area contributed by atoms with Crippen LogP contribution in [0, 0.1) is 0 Å². The van der Waals surface area contributed by atoms with Gasteiger partial charge in [-0.1, -0.05) is 0 Å². The molecule has 0 bridgehead atoms. The number of aliphatic hydroxyl groups excluding tert-OH is 1. The van der Waals surface area contributed by atoms with E-state index in [0.717, 1.165) is 6.33 Å². The summed E-state index contributed by atoms with van der Waals surface area (Å²) in [7, 11) is -14.3. The first-order valence-corrected chi connectivity index (χ1v) is 16.1. The van der Waals surface area contributed by atoms with Crippen molar-refractivity contribution in [1.29, 1.82) is 0 Å².